The Hall–Kier alpha value is -2.51. The molecule has 1 aromatic heterocycles. The number of aromatic nitrogens is 2. The van der Waals surface area contributed by atoms with Crippen LogP contribution in [0, 0.1) is 10.1 Å². The van der Waals surface area contributed by atoms with Gasteiger partial charge in [0.25, 0.3) is 0 Å². The van der Waals surface area contributed by atoms with Gasteiger partial charge in [-0.1, -0.05) is 6.08 Å². The average Bonchev–Trinajstić information content (AvgIpc) is 2.26. The molecule has 8 heteroatoms. The van der Waals surface area contributed by atoms with E-state index in [2.05, 4.69) is 4.98 Å². The van der Waals surface area contributed by atoms with Crippen molar-refractivity contribution in [3.8, 4) is 0 Å². The number of allylic oxidation sites excluding steroid dienone is 1. The van der Waals surface area contributed by atoms with Crippen LogP contribution in [-0.2, 0) is 11.3 Å². The molecule has 0 aliphatic carbocycles. The number of nitrogens with zero attached hydrogens (tertiary/aromatic N) is 3. The van der Waals surface area contributed by atoms with Crippen molar-refractivity contribution in [1.82, 2.24) is 9.55 Å². The van der Waals surface area contributed by atoms with E-state index in [4.69, 9.17) is 5.11 Å². The maximum atomic E-state index is 11.2. The Balaban J connectivity index is 3.02. The molecule has 0 radical (unpaired) electrons. The Morgan fingerprint density at radius 2 is 2.35 bits per heavy atom. The van der Waals surface area contributed by atoms with Gasteiger partial charge in [0.2, 0.25) is 0 Å². The first kappa shape index (κ1) is 12.6. The van der Waals surface area contributed by atoms with Crippen LogP contribution >= 0.6 is 0 Å². The molecule has 0 spiro atoms. The molecule has 0 fully saturated rings. The lowest BCUT2D eigenvalue weighted by Crippen LogP contribution is -2.22. The van der Waals surface area contributed by atoms with Crippen LogP contribution in [0.3, 0.4) is 0 Å². The smallest absolute Gasteiger partial charge is 0.348 e. The number of hydrogen-bond donors (Lipinski definition) is 1. The molecule has 0 aromatic carbocycles. The number of aliphatic carboxylic acids is 1. The van der Waals surface area contributed by atoms with Gasteiger partial charge in [0, 0.05) is 12.1 Å². The summed E-state index contributed by atoms with van der Waals surface area (Å²) >= 11 is 0. The van der Waals surface area contributed by atoms with Gasteiger partial charge in [-0.15, -0.1) is 0 Å². The van der Waals surface area contributed by atoms with Gasteiger partial charge in [0.15, 0.2) is 0 Å². The summed E-state index contributed by atoms with van der Waals surface area (Å²) < 4.78 is 0.963. The average molecular weight is 239 g/mol. The van der Waals surface area contributed by atoms with Crippen molar-refractivity contribution in [2.45, 2.75) is 13.5 Å². The second kappa shape index (κ2) is 5.01. The molecule has 0 amide bonds. The maximum Gasteiger partial charge on any atom is 0.348 e. The number of carboxylic acids is 1. The molecule has 1 N–H and O–H groups in total. The van der Waals surface area contributed by atoms with Crippen LogP contribution in [0.4, 0.5) is 5.69 Å². The predicted molar refractivity (Wildman–Crippen MR) is 56.5 cm³/mol. The normalized spacial score (nSPS) is 11.2. The van der Waals surface area contributed by atoms with Crippen molar-refractivity contribution in [3.05, 3.63) is 44.6 Å². The summed E-state index contributed by atoms with van der Waals surface area (Å²) in [6.07, 6.45) is 3.14. The van der Waals surface area contributed by atoms with E-state index in [1.165, 1.54) is 13.0 Å². The largest absolute Gasteiger partial charge is 0.478 e. The fourth-order valence-corrected chi connectivity index (χ4v) is 0.991. The predicted octanol–water partition coefficient (Wildman–Crippen LogP) is 0.182. The number of rotatable bonds is 4. The molecule has 0 unspecified atom stereocenters. The van der Waals surface area contributed by atoms with Crippen LogP contribution < -0.4 is 5.69 Å². The van der Waals surface area contributed by atoms with Gasteiger partial charge in [-0.25, -0.2) is 9.59 Å². The second-order valence-corrected chi connectivity index (χ2v) is 3.20. The Labute approximate surface area is 95.0 Å². The van der Waals surface area contributed by atoms with Gasteiger partial charge in [0.05, 0.1) is 11.1 Å². The Kier molecular flexibility index (Phi) is 3.70. The lowest BCUT2D eigenvalue weighted by atomic mass is 10.3. The summed E-state index contributed by atoms with van der Waals surface area (Å²) in [6.45, 7) is 1.28. The van der Waals surface area contributed by atoms with Gasteiger partial charge in [-0.2, -0.15) is 4.98 Å². The Bertz CT molecular complexity index is 546. The minimum Gasteiger partial charge on any atom is -0.478 e. The van der Waals surface area contributed by atoms with E-state index in [1.54, 1.807) is 0 Å². The fraction of sp³-hybridized carbons (Fsp3) is 0.222. The highest BCUT2D eigenvalue weighted by Crippen LogP contribution is 2.05. The minimum absolute atomic E-state index is 0.0448. The van der Waals surface area contributed by atoms with E-state index in [-0.39, 0.29) is 17.8 Å². The van der Waals surface area contributed by atoms with Crippen molar-refractivity contribution in [1.29, 1.82) is 0 Å². The Morgan fingerprint density at radius 1 is 1.71 bits per heavy atom. The van der Waals surface area contributed by atoms with Crippen LogP contribution in [0.1, 0.15) is 6.92 Å². The number of carbonyl (C=O) groups is 1. The molecule has 1 rings (SSSR count). The minimum atomic E-state index is -1.11. The maximum absolute atomic E-state index is 11.2. The molecule has 0 saturated carbocycles. The number of carboxylic acid groups (broad SMARTS) is 1. The van der Waals surface area contributed by atoms with Crippen LogP contribution in [0.15, 0.2) is 28.8 Å². The first-order valence-corrected chi connectivity index (χ1v) is 4.52. The molecule has 0 aliphatic rings. The van der Waals surface area contributed by atoms with Crippen LogP contribution in [0.25, 0.3) is 0 Å². The zero-order chi connectivity index (χ0) is 13.0. The van der Waals surface area contributed by atoms with Crippen LogP contribution in [-0.4, -0.2) is 25.6 Å². The zero-order valence-corrected chi connectivity index (χ0v) is 8.86. The lowest BCUT2D eigenvalue weighted by molar-refractivity contribution is -0.385. The molecule has 0 atom stereocenters. The molecule has 0 bridgehead atoms. The molecular formula is C9H9N3O5. The van der Waals surface area contributed by atoms with Gasteiger partial charge in [-0.3, -0.25) is 14.7 Å². The van der Waals surface area contributed by atoms with Crippen molar-refractivity contribution >= 4 is 11.7 Å². The highest BCUT2D eigenvalue weighted by atomic mass is 16.6. The summed E-state index contributed by atoms with van der Waals surface area (Å²) in [5.41, 5.74) is -0.959. The van der Waals surface area contributed by atoms with E-state index in [9.17, 15) is 19.7 Å². The molecule has 1 heterocycles. The third kappa shape index (κ3) is 3.23. The summed E-state index contributed by atoms with van der Waals surface area (Å²) in [6, 6.07) is 0. The molecule has 90 valence electrons. The van der Waals surface area contributed by atoms with Gasteiger partial charge in [-0.05, 0) is 6.92 Å². The fourth-order valence-electron chi connectivity index (χ4n) is 0.991. The van der Waals surface area contributed by atoms with E-state index in [1.807, 2.05) is 0 Å². The van der Waals surface area contributed by atoms with Crippen molar-refractivity contribution < 1.29 is 14.8 Å². The SMILES string of the molecule is C/C(=C/Cn1cc([N+](=O)[O-])cnc1=O)C(=O)O. The van der Waals surface area contributed by atoms with E-state index < -0.39 is 16.6 Å². The monoisotopic (exact) mass is 239 g/mol. The van der Waals surface area contributed by atoms with Gasteiger partial charge >= 0.3 is 17.3 Å². The van der Waals surface area contributed by atoms with Crippen LogP contribution in [0.5, 0.6) is 0 Å². The molecule has 0 saturated heterocycles. The highest BCUT2D eigenvalue weighted by molar-refractivity contribution is 5.85. The summed E-state index contributed by atoms with van der Waals surface area (Å²) in [4.78, 5) is 34.8. The molecule has 17 heavy (non-hydrogen) atoms. The number of hydrogen-bond acceptors (Lipinski definition) is 5. The standard InChI is InChI=1S/C9H9N3O5/c1-6(8(13)14)2-3-11-5-7(12(16)17)4-10-9(11)15/h2,4-5H,3H2,1H3,(H,13,14)/b6-2-. The van der Waals surface area contributed by atoms with Crippen molar-refractivity contribution in [2.75, 3.05) is 0 Å². The molecule has 1 aromatic rings. The second-order valence-electron chi connectivity index (χ2n) is 3.20. The van der Waals surface area contributed by atoms with Gasteiger partial charge in [0.1, 0.15) is 6.20 Å². The van der Waals surface area contributed by atoms with Crippen LogP contribution in [0.2, 0.25) is 0 Å². The third-order valence-corrected chi connectivity index (χ3v) is 1.98. The van der Waals surface area contributed by atoms with E-state index in [0.29, 0.717) is 0 Å². The molecule has 8 nitrogen and oxygen atoms in total. The lowest BCUT2D eigenvalue weighted by Gasteiger charge is -2.00. The molecular weight excluding hydrogens is 230 g/mol. The quantitative estimate of drug-likeness (QED) is 0.455. The van der Waals surface area contributed by atoms with Gasteiger partial charge < -0.3 is 5.11 Å². The summed E-state index contributed by atoms with van der Waals surface area (Å²) in [7, 11) is 0. The first-order chi connectivity index (χ1) is 7.91. The zero-order valence-electron chi connectivity index (χ0n) is 8.86. The third-order valence-electron chi connectivity index (χ3n) is 1.98. The Morgan fingerprint density at radius 3 is 2.88 bits per heavy atom. The summed E-state index contributed by atoms with van der Waals surface area (Å²) in [5.74, 6) is -1.11. The first-order valence-electron chi connectivity index (χ1n) is 4.52. The van der Waals surface area contributed by atoms with E-state index >= 15 is 0 Å². The highest BCUT2D eigenvalue weighted by Gasteiger charge is 2.08. The topological polar surface area (TPSA) is 115 Å². The number of nitro groups is 1. The van der Waals surface area contributed by atoms with Crippen molar-refractivity contribution in [2.24, 2.45) is 0 Å². The summed E-state index contributed by atoms with van der Waals surface area (Å²) in [5, 5.41) is 19.0. The van der Waals surface area contributed by atoms with E-state index in [0.717, 1.165) is 17.0 Å². The molecule has 0 aliphatic heterocycles. The van der Waals surface area contributed by atoms with Crippen molar-refractivity contribution in [3.63, 3.8) is 0 Å².